The summed E-state index contributed by atoms with van der Waals surface area (Å²) in [5, 5.41) is 3.61. The van der Waals surface area contributed by atoms with E-state index in [-0.39, 0.29) is 6.04 Å². The lowest BCUT2D eigenvalue weighted by molar-refractivity contribution is 0.398. The molecule has 4 heteroatoms. The van der Waals surface area contributed by atoms with Gasteiger partial charge in [0.05, 0.1) is 7.11 Å². The number of nitrogens with zero attached hydrogens (tertiary/aromatic N) is 1. The Hall–Kier alpha value is -1.39. The Balaban J connectivity index is 2.25. The van der Waals surface area contributed by atoms with Crippen LogP contribution in [0, 0.1) is 0 Å². The molecule has 0 aliphatic carbocycles. The van der Waals surface area contributed by atoms with Crippen LogP contribution in [0.15, 0.2) is 47.2 Å². The molecule has 0 aliphatic heterocycles. The van der Waals surface area contributed by atoms with Crippen molar-refractivity contribution in [3.8, 4) is 5.75 Å². The van der Waals surface area contributed by atoms with Crippen LogP contribution in [0.4, 0.5) is 0 Å². The number of para-hydroxylation sites is 1. The molecule has 1 aromatic carbocycles. The Kier molecular flexibility index (Phi) is 6.21. The molecule has 1 heterocycles. The van der Waals surface area contributed by atoms with Crippen LogP contribution in [-0.2, 0) is 6.42 Å². The lowest BCUT2D eigenvalue weighted by Gasteiger charge is -2.21. The van der Waals surface area contributed by atoms with Gasteiger partial charge in [0, 0.05) is 28.5 Å². The molecule has 0 spiro atoms. The van der Waals surface area contributed by atoms with Gasteiger partial charge in [0.1, 0.15) is 5.75 Å². The van der Waals surface area contributed by atoms with E-state index in [0.29, 0.717) is 0 Å². The van der Waals surface area contributed by atoms with Crippen molar-refractivity contribution in [1.29, 1.82) is 0 Å². The van der Waals surface area contributed by atoms with Crippen LogP contribution >= 0.6 is 15.9 Å². The summed E-state index contributed by atoms with van der Waals surface area (Å²) in [5.41, 5.74) is 2.39. The van der Waals surface area contributed by atoms with Gasteiger partial charge in [-0.05, 0) is 53.0 Å². The molecule has 3 nitrogen and oxygen atoms in total. The number of rotatable bonds is 7. The van der Waals surface area contributed by atoms with E-state index in [1.807, 2.05) is 18.3 Å². The molecule has 1 N–H and O–H groups in total. The molecule has 0 amide bonds. The first-order chi connectivity index (χ1) is 10.2. The topological polar surface area (TPSA) is 34.2 Å². The molecule has 0 fully saturated rings. The van der Waals surface area contributed by atoms with Gasteiger partial charge < -0.3 is 10.1 Å². The Morgan fingerprint density at radius 1 is 1.29 bits per heavy atom. The normalized spacial score (nSPS) is 12.1. The van der Waals surface area contributed by atoms with Crippen molar-refractivity contribution in [2.24, 2.45) is 0 Å². The molecule has 0 saturated heterocycles. The summed E-state index contributed by atoms with van der Waals surface area (Å²) in [7, 11) is 1.72. The van der Waals surface area contributed by atoms with Crippen molar-refractivity contribution >= 4 is 15.9 Å². The van der Waals surface area contributed by atoms with Crippen molar-refractivity contribution in [2.45, 2.75) is 25.8 Å². The lowest BCUT2D eigenvalue weighted by Crippen LogP contribution is -2.24. The van der Waals surface area contributed by atoms with Crippen molar-refractivity contribution in [1.82, 2.24) is 10.3 Å². The fraction of sp³-hybridized carbons (Fsp3) is 0.353. The van der Waals surface area contributed by atoms with Crippen molar-refractivity contribution < 1.29 is 4.74 Å². The number of aromatic nitrogens is 1. The van der Waals surface area contributed by atoms with E-state index in [2.05, 4.69) is 51.4 Å². The number of benzene rings is 1. The molecule has 21 heavy (non-hydrogen) atoms. The molecule has 0 radical (unpaired) electrons. The van der Waals surface area contributed by atoms with Gasteiger partial charge in [-0.1, -0.05) is 25.1 Å². The van der Waals surface area contributed by atoms with Gasteiger partial charge in [0.25, 0.3) is 0 Å². The predicted molar refractivity (Wildman–Crippen MR) is 89.7 cm³/mol. The van der Waals surface area contributed by atoms with Gasteiger partial charge in [-0.25, -0.2) is 0 Å². The third-order valence-electron chi connectivity index (χ3n) is 3.36. The van der Waals surface area contributed by atoms with Crippen LogP contribution in [-0.4, -0.2) is 18.6 Å². The molecular formula is C17H21BrN2O. The first-order valence-electron chi connectivity index (χ1n) is 7.20. The Morgan fingerprint density at radius 3 is 2.81 bits per heavy atom. The molecule has 0 bridgehead atoms. The van der Waals surface area contributed by atoms with Gasteiger partial charge in [-0.2, -0.15) is 0 Å². The predicted octanol–water partition coefficient (Wildman–Crippen LogP) is 4.14. The number of methoxy groups -OCH3 is 1. The summed E-state index contributed by atoms with van der Waals surface area (Å²) in [4.78, 5) is 4.25. The van der Waals surface area contributed by atoms with Crippen molar-refractivity contribution in [3.05, 3.63) is 58.3 Å². The van der Waals surface area contributed by atoms with Crippen LogP contribution in [0.1, 0.15) is 30.5 Å². The lowest BCUT2D eigenvalue weighted by atomic mass is 9.98. The average Bonchev–Trinajstić information content (AvgIpc) is 2.51. The van der Waals surface area contributed by atoms with Crippen molar-refractivity contribution in [2.75, 3.05) is 13.7 Å². The highest BCUT2D eigenvalue weighted by atomic mass is 79.9. The van der Waals surface area contributed by atoms with Crippen LogP contribution in [0.5, 0.6) is 5.75 Å². The average molecular weight is 349 g/mol. The Bertz CT molecular complexity index is 574. The van der Waals surface area contributed by atoms with Gasteiger partial charge in [0.15, 0.2) is 0 Å². The molecule has 1 aromatic heterocycles. The first kappa shape index (κ1) is 16.0. The largest absolute Gasteiger partial charge is 0.496 e. The molecule has 0 aliphatic rings. The van der Waals surface area contributed by atoms with Gasteiger partial charge >= 0.3 is 0 Å². The molecule has 112 valence electrons. The van der Waals surface area contributed by atoms with E-state index in [1.165, 1.54) is 11.1 Å². The maximum absolute atomic E-state index is 5.50. The number of nitrogens with one attached hydrogen (secondary N) is 1. The zero-order valence-electron chi connectivity index (χ0n) is 12.5. The number of halogens is 1. The third kappa shape index (κ3) is 4.55. The molecule has 1 atom stereocenters. The van der Waals surface area contributed by atoms with E-state index in [0.717, 1.165) is 29.6 Å². The monoisotopic (exact) mass is 348 g/mol. The summed E-state index contributed by atoms with van der Waals surface area (Å²) in [6.07, 6.45) is 5.71. The second-order valence-corrected chi connectivity index (χ2v) is 5.88. The summed E-state index contributed by atoms with van der Waals surface area (Å²) in [6, 6.07) is 10.5. The minimum Gasteiger partial charge on any atom is -0.496 e. The van der Waals surface area contributed by atoms with Gasteiger partial charge in [-0.3, -0.25) is 4.98 Å². The highest BCUT2D eigenvalue weighted by Crippen LogP contribution is 2.27. The number of pyridine rings is 1. The van der Waals surface area contributed by atoms with Gasteiger partial charge in [0.2, 0.25) is 0 Å². The van der Waals surface area contributed by atoms with E-state index >= 15 is 0 Å². The fourth-order valence-electron chi connectivity index (χ4n) is 2.37. The first-order valence-corrected chi connectivity index (χ1v) is 7.99. The number of ether oxygens (including phenoxy) is 1. The van der Waals surface area contributed by atoms with E-state index in [4.69, 9.17) is 4.74 Å². The van der Waals surface area contributed by atoms with Crippen LogP contribution in [0.3, 0.4) is 0 Å². The number of hydrogen-bond donors (Lipinski definition) is 1. The zero-order valence-corrected chi connectivity index (χ0v) is 14.1. The second kappa shape index (κ2) is 8.15. The fourth-order valence-corrected chi connectivity index (χ4v) is 2.78. The maximum Gasteiger partial charge on any atom is 0.123 e. The Labute approximate surface area is 134 Å². The highest BCUT2D eigenvalue weighted by molar-refractivity contribution is 9.10. The smallest absolute Gasteiger partial charge is 0.123 e. The minimum absolute atomic E-state index is 0.220. The maximum atomic E-state index is 5.50. The van der Waals surface area contributed by atoms with E-state index in [9.17, 15) is 0 Å². The molecule has 2 rings (SSSR count). The van der Waals surface area contributed by atoms with Gasteiger partial charge in [-0.15, -0.1) is 0 Å². The van der Waals surface area contributed by atoms with Crippen LogP contribution in [0.2, 0.25) is 0 Å². The molecule has 2 aromatic rings. The molecular weight excluding hydrogens is 328 g/mol. The Morgan fingerprint density at radius 2 is 2.10 bits per heavy atom. The standard InChI is InChI=1S/C17H21BrN2O/c1-3-8-20-16(10-13-9-14(18)12-19-11-13)15-6-4-5-7-17(15)21-2/h4-7,9,11-12,16,20H,3,8,10H2,1-2H3. The SMILES string of the molecule is CCCNC(Cc1cncc(Br)c1)c1ccccc1OC. The summed E-state index contributed by atoms with van der Waals surface area (Å²) in [6.45, 7) is 3.15. The zero-order chi connectivity index (χ0) is 15.1. The summed E-state index contributed by atoms with van der Waals surface area (Å²) < 4.78 is 6.51. The van der Waals surface area contributed by atoms with Crippen LogP contribution in [0.25, 0.3) is 0 Å². The van der Waals surface area contributed by atoms with Crippen molar-refractivity contribution in [3.63, 3.8) is 0 Å². The molecule has 0 saturated carbocycles. The summed E-state index contributed by atoms with van der Waals surface area (Å²) in [5.74, 6) is 0.925. The highest BCUT2D eigenvalue weighted by Gasteiger charge is 2.16. The number of hydrogen-bond acceptors (Lipinski definition) is 3. The summed E-state index contributed by atoms with van der Waals surface area (Å²) >= 11 is 3.48. The molecule has 1 unspecified atom stereocenters. The minimum atomic E-state index is 0.220. The third-order valence-corrected chi connectivity index (χ3v) is 3.79. The second-order valence-electron chi connectivity index (χ2n) is 4.96. The van der Waals surface area contributed by atoms with Crippen LogP contribution < -0.4 is 10.1 Å². The quantitative estimate of drug-likeness (QED) is 0.816. The van der Waals surface area contributed by atoms with E-state index in [1.54, 1.807) is 13.3 Å². The van der Waals surface area contributed by atoms with E-state index < -0.39 is 0 Å².